The summed E-state index contributed by atoms with van der Waals surface area (Å²) >= 11 is 1.46. The Kier molecular flexibility index (Phi) is 3.90. The van der Waals surface area contributed by atoms with E-state index in [1.165, 1.54) is 11.8 Å². The molecule has 0 amide bonds. The number of pyridine rings is 1. The van der Waals surface area contributed by atoms with Gasteiger partial charge in [-0.25, -0.2) is 4.79 Å². The Morgan fingerprint density at radius 3 is 2.58 bits per heavy atom. The zero-order valence-corrected chi connectivity index (χ0v) is 11.9. The average molecular weight is 273 g/mol. The Hall–Kier alpha value is -1.81. The molecule has 0 bridgehead atoms. The van der Waals surface area contributed by atoms with E-state index in [1.807, 2.05) is 44.2 Å². The van der Waals surface area contributed by atoms with Crippen LogP contribution < -0.4 is 0 Å². The smallest absolute Gasteiger partial charge is 0.338 e. The topological polar surface area (TPSA) is 50.2 Å². The van der Waals surface area contributed by atoms with E-state index < -0.39 is 5.97 Å². The summed E-state index contributed by atoms with van der Waals surface area (Å²) in [6.45, 7) is 5.63. The minimum Gasteiger partial charge on any atom is -0.478 e. The number of carbonyl (C=O) groups is 1. The van der Waals surface area contributed by atoms with Crippen molar-refractivity contribution in [1.82, 2.24) is 4.98 Å². The molecule has 2 aromatic rings. The Labute approximate surface area is 116 Å². The third-order valence-corrected chi connectivity index (χ3v) is 3.75. The second-order valence-electron chi connectivity index (χ2n) is 4.45. The molecule has 1 N–H and O–H groups in total. The van der Waals surface area contributed by atoms with Crippen LogP contribution in [0, 0.1) is 20.8 Å². The van der Waals surface area contributed by atoms with E-state index in [-0.39, 0.29) is 5.56 Å². The largest absolute Gasteiger partial charge is 0.478 e. The molecule has 0 spiro atoms. The van der Waals surface area contributed by atoms with Gasteiger partial charge >= 0.3 is 5.97 Å². The van der Waals surface area contributed by atoms with Crippen molar-refractivity contribution in [3.05, 3.63) is 52.8 Å². The Bertz CT molecular complexity index is 638. The molecule has 1 aromatic carbocycles. The fourth-order valence-corrected chi connectivity index (χ4v) is 3.15. The predicted octanol–water partition coefficient (Wildman–Crippen LogP) is 3.86. The van der Waals surface area contributed by atoms with Crippen molar-refractivity contribution in [3.8, 4) is 0 Å². The molecule has 0 saturated carbocycles. The maximum atomic E-state index is 11.4. The van der Waals surface area contributed by atoms with Gasteiger partial charge in [-0.2, -0.15) is 0 Å². The summed E-state index contributed by atoms with van der Waals surface area (Å²) in [6, 6.07) is 9.84. The SMILES string of the molecule is Cc1cccc(Sc2cc(C)nc(C)c2C(=O)O)c1. The van der Waals surface area contributed by atoms with E-state index in [0.29, 0.717) is 5.69 Å². The van der Waals surface area contributed by atoms with Crippen molar-refractivity contribution in [2.45, 2.75) is 30.6 Å². The van der Waals surface area contributed by atoms with Gasteiger partial charge in [0.25, 0.3) is 0 Å². The zero-order chi connectivity index (χ0) is 14.0. The van der Waals surface area contributed by atoms with E-state index in [9.17, 15) is 9.90 Å². The first kappa shape index (κ1) is 13.6. The van der Waals surface area contributed by atoms with E-state index in [2.05, 4.69) is 4.98 Å². The fourth-order valence-electron chi connectivity index (χ4n) is 1.94. The molecule has 0 radical (unpaired) electrons. The first-order valence-corrected chi connectivity index (χ1v) is 6.75. The molecule has 2 rings (SSSR count). The molecule has 0 aliphatic carbocycles. The third kappa shape index (κ3) is 3.15. The van der Waals surface area contributed by atoms with Gasteiger partial charge in [0.05, 0.1) is 11.3 Å². The van der Waals surface area contributed by atoms with Gasteiger partial charge in [-0.05, 0) is 39.0 Å². The van der Waals surface area contributed by atoms with Crippen molar-refractivity contribution in [3.63, 3.8) is 0 Å². The van der Waals surface area contributed by atoms with E-state index in [4.69, 9.17) is 0 Å². The normalized spacial score (nSPS) is 10.5. The maximum absolute atomic E-state index is 11.4. The van der Waals surface area contributed by atoms with Crippen LogP contribution in [0.25, 0.3) is 0 Å². The van der Waals surface area contributed by atoms with Crippen molar-refractivity contribution >= 4 is 17.7 Å². The standard InChI is InChI=1S/C15H15NO2S/c1-9-5-4-6-12(7-9)19-13-8-10(2)16-11(3)14(13)15(17)18/h4-8H,1-3H3,(H,17,18). The monoisotopic (exact) mass is 273 g/mol. The maximum Gasteiger partial charge on any atom is 0.338 e. The lowest BCUT2D eigenvalue weighted by atomic mass is 10.2. The molecule has 19 heavy (non-hydrogen) atoms. The molecule has 4 heteroatoms. The number of hydrogen-bond acceptors (Lipinski definition) is 3. The summed E-state index contributed by atoms with van der Waals surface area (Å²) in [7, 11) is 0. The lowest BCUT2D eigenvalue weighted by molar-refractivity contribution is 0.0691. The molecule has 0 unspecified atom stereocenters. The highest BCUT2D eigenvalue weighted by Crippen LogP contribution is 2.32. The minimum atomic E-state index is -0.930. The van der Waals surface area contributed by atoms with Crippen LogP contribution in [0.4, 0.5) is 0 Å². The van der Waals surface area contributed by atoms with Crippen molar-refractivity contribution < 1.29 is 9.90 Å². The number of nitrogens with zero attached hydrogens (tertiary/aromatic N) is 1. The molecule has 0 fully saturated rings. The lowest BCUT2D eigenvalue weighted by Crippen LogP contribution is -2.05. The molecule has 0 saturated heterocycles. The number of aromatic nitrogens is 1. The summed E-state index contributed by atoms with van der Waals surface area (Å²) in [4.78, 5) is 17.4. The van der Waals surface area contributed by atoms with Gasteiger partial charge in [0.2, 0.25) is 0 Å². The van der Waals surface area contributed by atoms with Crippen LogP contribution in [-0.4, -0.2) is 16.1 Å². The third-order valence-electron chi connectivity index (χ3n) is 2.72. The van der Waals surface area contributed by atoms with Gasteiger partial charge in [0.15, 0.2) is 0 Å². The average Bonchev–Trinajstić information content (AvgIpc) is 2.26. The number of aromatic carboxylic acids is 1. The van der Waals surface area contributed by atoms with Gasteiger partial charge in [-0.15, -0.1) is 0 Å². The Morgan fingerprint density at radius 2 is 1.95 bits per heavy atom. The number of carboxylic acids is 1. The molecule has 1 heterocycles. The van der Waals surface area contributed by atoms with Crippen LogP contribution >= 0.6 is 11.8 Å². The first-order chi connectivity index (χ1) is 8.97. The second-order valence-corrected chi connectivity index (χ2v) is 5.56. The number of benzene rings is 1. The number of aryl methyl sites for hydroxylation is 3. The fraction of sp³-hybridized carbons (Fsp3) is 0.200. The lowest BCUT2D eigenvalue weighted by Gasteiger charge is -2.10. The van der Waals surface area contributed by atoms with Crippen LogP contribution in [-0.2, 0) is 0 Å². The van der Waals surface area contributed by atoms with Crippen LogP contribution in [0.2, 0.25) is 0 Å². The number of hydrogen-bond donors (Lipinski definition) is 1. The quantitative estimate of drug-likeness (QED) is 0.922. The van der Waals surface area contributed by atoms with Gasteiger partial charge in [0, 0.05) is 15.5 Å². The molecule has 0 atom stereocenters. The predicted molar refractivity (Wildman–Crippen MR) is 76.0 cm³/mol. The highest BCUT2D eigenvalue weighted by atomic mass is 32.2. The van der Waals surface area contributed by atoms with Crippen LogP contribution in [0.3, 0.4) is 0 Å². The van der Waals surface area contributed by atoms with Crippen LogP contribution in [0.15, 0.2) is 40.1 Å². The number of carboxylic acid groups (broad SMARTS) is 1. The van der Waals surface area contributed by atoms with Crippen LogP contribution in [0.1, 0.15) is 27.3 Å². The summed E-state index contributed by atoms with van der Waals surface area (Å²) in [6.07, 6.45) is 0. The second kappa shape index (κ2) is 5.45. The summed E-state index contributed by atoms with van der Waals surface area (Å²) in [5, 5.41) is 9.32. The molecule has 1 aromatic heterocycles. The first-order valence-electron chi connectivity index (χ1n) is 5.93. The van der Waals surface area contributed by atoms with Crippen molar-refractivity contribution in [2.75, 3.05) is 0 Å². The number of rotatable bonds is 3. The van der Waals surface area contributed by atoms with E-state index in [0.717, 1.165) is 21.0 Å². The molecule has 3 nitrogen and oxygen atoms in total. The molecule has 0 aliphatic heterocycles. The van der Waals surface area contributed by atoms with Crippen molar-refractivity contribution in [1.29, 1.82) is 0 Å². The summed E-state index contributed by atoms with van der Waals surface area (Å²) < 4.78 is 0. The highest BCUT2D eigenvalue weighted by Gasteiger charge is 2.16. The Morgan fingerprint density at radius 1 is 1.21 bits per heavy atom. The molecular weight excluding hydrogens is 258 g/mol. The minimum absolute atomic E-state index is 0.289. The zero-order valence-electron chi connectivity index (χ0n) is 11.1. The van der Waals surface area contributed by atoms with E-state index >= 15 is 0 Å². The van der Waals surface area contributed by atoms with Gasteiger partial charge in [-0.1, -0.05) is 29.5 Å². The van der Waals surface area contributed by atoms with Gasteiger partial charge in [-0.3, -0.25) is 4.98 Å². The van der Waals surface area contributed by atoms with Crippen LogP contribution in [0.5, 0.6) is 0 Å². The Balaban J connectivity index is 2.47. The van der Waals surface area contributed by atoms with Gasteiger partial charge < -0.3 is 5.11 Å². The van der Waals surface area contributed by atoms with Gasteiger partial charge in [0.1, 0.15) is 0 Å². The summed E-state index contributed by atoms with van der Waals surface area (Å²) in [5.74, 6) is -0.930. The highest BCUT2D eigenvalue weighted by molar-refractivity contribution is 7.99. The molecule has 0 aliphatic rings. The van der Waals surface area contributed by atoms with Crippen molar-refractivity contribution in [2.24, 2.45) is 0 Å². The van der Waals surface area contributed by atoms with E-state index in [1.54, 1.807) is 6.92 Å². The molecule has 98 valence electrons. The summed E-state index contributed by atoms with van der Waals surface area (Å²) in [5.41, 5.74) is 2.83. The molecular formula is C15H15NO2S.